The van der Waals surface area contributed by atoms with Crippen LogP contribution in [-0.2, 0) is 10.0 Å². The second kappa shape index (κ2) is 5.56. The quantitative estimate of drug-likeness (QED) is 0.788. The van der Waals surface area contributed by atoms with Crippen LogP contribution in [0.2, 0.25) is 0 Å². The van der Waals surface area contributed by atoms with Crippen molar-refractivity contribution < 1.29 is 8.42 Å². The van der Waals surface area contributed by atoms with Gasteiger partial charge in [0, 0.05) is 30.2 Å². The Balaban J connectivity index is 1.85. The van der Waals surface area contributed by atoms with E-state index in [-0.39, 0.29) is 4.21 Å². The summed E-state index contributed by atoms with van der Waals surface area (Å²) < 4.78 is 26.8. The van der Waals surface area contributed by atoms with Crippen LogP contribution in [0, 0.1) is 0 Å². The number of likely N-dealkylation sites (N-methyl/N-ethyl adjacent to an activating group) is 1. The van der Waals surface area contributed by atoms with E-state index < -0.39 is 10.0 Å². The molecule has 102 valence electrons. The van der Waals surface area contributed by atoms with Crippen molar-refractivity contribution in [1.29, 1.82) is 0 Å². The summed E-state index contributed by atoms with van der Waals surface area (Å²) in [5, 5.41) is 1.64. The first kappa shape index (κ1) is 13.8. The lowest BCUT2D eigenvalue weighted by atomic mass is 10.4. The average Bonchev–Trinajstić information content (AvgIpc) is 3.06. The number of nitrogens with one attached hydrogen (secondary N) is 1. The summed E-state index contributed by atoms with van der Waals surface area (Å²) >= 11 is 1.15. The molecule has 0 unspecified atom stereocenters. The van der Waals surface area contributed by atoms with Crippen molar-refractivity contribution >= 4 is 27.0 Å². The monoisotopic (exact) mass is 289 g/mol. The SMILES string of the molecule is CCN(CCNS(=O)(=O)c1cc(N)cs1)C1CC1. The molecule has 0 aromatic carbocycles. The van der Waals surface area contributed by atoms with Crippen molar-refractivity contribution in [3.8, 4) is 0 Å². The molecule has 3 N–H and O–H groups in total. The van der Waals surface area contributed by atoms with Gasteiger partial charge in [0.25, 0.3) is 0 Å². The minimum absolute atomic E-state index is 0.287. The Bertz CT molecular complexity index is 494. The van der Waals surface area contributed by atoms with E-state index in [2.05, 4.69) is 16.5 Å². The van der Waals surface area contributed by atoms with Crippen LogP contribution in [0.3, 0.4) is 0 Å². The lowest BCUT2D eigenvalue weighted by Gasteiger charge is -2.19. The van der Waals surface area contributed by atoms with Gasteiger partial charge in [-0.05, 0) is 25.5 Å². The number of rotatable bonds is 7. The number of nitrogens with zero attached hydrogens (tertiary/aromatic N) is 1. The van der Waals surface area contributed by atoms with Crippen molar-refractivity contribution in [2.75, 3.05) is 25.4 Å². The van der Waals surface area contributed by atoms with Crippen molar-refractivity contribution in [2.45, 2.75) is 30.0 Å². The van der Waals surface area contributed by atoms with Crippen LogP contribution in [0.1, 0.15) is 19.8 Å². The summed E-state index contributed by atoms with van der Waals surface area (Å²) in [4.78, 5) is 2.31. The maximum absolute atomic E-state index is 11.9. The molecule has 1 heterocycles. The molecular formula is C11H19N3O2S2. The van der Waals surface area contributed by atoms with Gasteiger partial charge in [0.15, 0.2) is 0 Å². The molecular weight excluding hydrogens is 270 g/mol. The Morgan fingerprint density at radius 2 is 2.28 bits per heavy atom. The second-order valence-corrected chi connectivity index (χ2v) is 7.36. The largest absolute Gasteiger partial charge is 0.398 e. The molecule has 0 saturated heterocycles. The first-order valence-corrected chi connectivity index (χ1v) is 8.47. The van der Waals surface area contributed by atoms with E-state index >= 15 is 0 Å². The summed E-state index contributed by atoms with van der Waals surface area (Å²) in [5.74, 6) is 0. The lowest BCUT2D eigenvalue weighted by Crippen LogP contribution is -2.35. The van der Waals surface area contributed by atoms with Crippen LogP contribution in [-0.4, -0.2) is 39.0 Å². The van der Waals surface area contributed by atoms with E-state index in [1.54, 1.807) is 5.38 Å². The van der Waals surface area contributed by atoms with Crippen LogP contribution in [0.25, 0.3) is 0 Å². The van der Waals surface area contributed by atoms with Crippen molar-refractivity contribution in [3.63, 3.8) is 0 Å². The Morgan fingerprint density at radius 3 is 2.78 bits per heavy atom. The second-order valence-electron chi connectivity index (χ2n) is 4.46. The minimum atomic E-state index is -3.39. The number of hydrogen-bond acceptors (Lipinski definition) is 5. The Labute approximate surface area is 112 Å². The average molecular weight is 289 g/mol. The molecule has 1 aliphatic rings. The normalized spacial score (nSPS) is 16.3. The first-order valence-electron chi connectivity index (χ1n) is 6.10. The fourth-order valence-electron chi connectivity index (χ4n) is 1.90. The molecule has 0 aliphatic heterocycles. The summed E-state index contributed by atoms with van der Waals surface area (Å²) in [6, 6.07) is 2.16. The summed E-state index contributed by atoms with van der Waals surface area (Å²) in [6.07, 6.45) is 2.48. The highest BCUT2D eigenvalue weighted by Crippen LogP contribution is 2.26. The molecule has 1 saturated carbocycles. The Hall–Kier alpha value is -0.630. The van der Waals surface area contributed by atoms with Gasteiger partial charge in [0.2, 0.25) is 10.0 Å². The molecule has 0 spiro atoms. The summed E-state index contributed by atoms with van der Waals surface area (Å²) in [6.45, 7) is 4.29. The lowest BCUT2D eigenvalue weighted by molar-refractivity contribution is 0.282. The topological polar surface area (TPSA) is 75.4 Å². The number of thiophene rings is 1. The van der Waals surface area contributed by atoms with Gasteiger partial charge in [0.1, 0.15) is 4.21 Å². The van der Waals surface area contributed by atoms with E-state index in [9.17, 15) is 8.42 Å². The van der Waals surface area contributed by atoms with Crippen molar-refractivity contribution in [3.05, 3.63) is 11.4 Å². The van der Waals surface area contributed by atoms with Crippen LogP contribution < -0.4 is 10.5 Å². The zero-order valence-electron chi connectivity index (χ0n) is 10.4. The summed E-state index contributed by atoms with van der Waals surface area (Å²) in [5.41, 5.74) is 6.03. The summed E-state index contributed by atoms with van der Waals surface area (Å²) in [7, 11) is -3.39. The highest BCUT2D eigenvalue weighted by atomic mass is 32.2. The van der Waals surface area contributed by atoms with Gasteiger partial charge in [-0.2, -0.15) is 0 Å². The molecule has 2 rings (SSSR count). The maximum atomic E-state index is 11.9. The highest BCUT2D eigenvalue weighted by Gasteiger charge is 2.27. The fraction of sp³-hybridized carbons (Fsp3) is 0.636. The van der Waals surface area contributed by atoms with E-state index in [0.717, 1.165) is 24.4 Å². The van der Waals surface area contributed by atoms with E-state index in [4.69, 9.17) is 5.73 Å². The number of hydrogen-bond donors (Lipinski definition) is 2. The molecule has 1 aromatic rings. The third-order valence-electron chi connectivity index (χ3n) is 3.02. The number of sulfonamides is 1. The Morgan fingerprint density at radius 1 is 1.56 bits per heavy atom. The third kappa shape index (κ3) is 3.44. The van der Waals surface area contributed by atoms with Gasteiger partial charge in [0.05, 0.1) is 0 Å². The smallest absolute Gasteiger partial charge is 0.250 e. The van der Waals surface area contributed by atoms with Gasteiger partial charge in [-0.25, -0.2) is 13.1 Å². The van der Waals surface area contributed by atoms with E-state index in [1.165, 1.54) is 18.9 Å². The molecule has 0 radical (unpaired) electrons. The number of nitrogens with two attached hydrogens (primary N) is 1. The predicted molar refractivity (Wildman–Crippen MR) is 74.2 cm³/mol. The van der Waals surface area contributed by atoms with E-state index in [0.29, 0.717) is 18.3 Å². The van der Waals surface area contributed by atoms with Gasteiger partial charge in [-0.15, -0.1) is 11.3 Å². The predicted octanol–water partition coefficient (Wildman–Crippen LogP) is 1.09. The molecule has 1 fully saturated rings. The zero-order chi connectivity index (χ0) is 13.2. The maximum Gasteiger partial charge on any atom is 0.250 e. The van der Waals surface area contributed by atoms with Crippen LogP contribution in [0.5, 0.6) is 0 Å². The third-order valence-corrected chi connectivity index (χ3v) is 5.94. The van der Waals surface area contributed by atoms with Crippen molar-refractivity contribution in [2.24, 2.45) is 0 Å². The minimum Gasteiger partial charge on any atom is -0.398 e. The van der Waals surface area contributed by atoms with Gasteiger partial charge < -0.3 is 5.73 Å². The molecule has 0 bridgehead atoms. The van der Waals surface area contributed by atoms with Crippen LogP contribution >= 0.6 is 11.3 Å². The number of nitrogen functional groups attached to an aromatic ring is 1. The van der Waals surface area contributed by atoms with Gasteiger partial charge >= 0.3 is 0 Å². The molecule has 1 aliphatic carbocycles. The molecule has 0 atom stereocenters. The van der Waals surface area contributed by atoms with Crippen LogP contribution in [0.15, 0.2) is 15.7 Å². The molecule has 18 heavy (non-hydrogen) atoms. The molecule has 5 nitrogen and oxygen atoms in total. The fourth-order valence-corrected chi connectivity index (χ4v) is 4.05. The molecule has 7 heteroatoms. The first-order chi connectivity index (χ1) is 8.53. The van der Waals surface area contributed by atoms with Crippen molar-refractivity contribution in [1.82, 2.24) is 9.62 Å². The van der Waals surface area contributed by atoms with Crippen LogP contribution in [0.4, 0.5) is 5.69 Å². The standard InChI is InChI=1S/C11H19N3O2S2/c1-2-14(10-3-4-10)6-5-13-18(15,16)11-7-9(12)8-17-11/h7-8,10,13H,2-6,12H2,1H3. The van der Waals surface area contributed by atoms with Gasteiger partial charge in [-0.1, -0.05) is 6.92 Å². The van der Waals surface area contributed by atoms with E-state index in [1.807, 2.05) is 0 Å². The zero-order valence-corrected chi connectivity index (χ0v) is 12.1. The molecule has 0 amide bonds. The number of anilines is 1. The van der Waals surface area contributed by atoms with Gasteiger partial charge in [-0.3, -0.25) is 4.90 Å². The highest BCUT2D eigenvalue weighted by molar-refractivity contribution is 7.91. The Kier molecular flexibility index (Phi) is 4.26. The molecule has 1 aromatic heterocycles.